The van der Waals surface area contributed by atoms with Crippen molar-refractivity contribution < 1.29 is 4.79 Å². The van der Waals surface area contributed by atoms with Crippen LogP contribution in [0.4, 0.5) is 0 Å². The summed E-state index contributed by atoms with van der Waals surface area (Å²) in [7, 11) is 0. The van der Waals surface area contributed by atoms with Crippen LogP contribution in [0, 0.1) is 0 Å². The summed E-state index contributed by atoms with van der Waals surface area (Å²) >= 11 is 7.66. The SMILES string of the molecule is CC(CC(=O)N1CCCN(Cc2ccccn2)CC1)Sc1ccc(Cl)cc1. The minimum absolute atomic E-state index is 0.242. The van der Waals surface area contributed by atoms with Gasteiger partial charge >= 0.3 is 0 Å². The zero-order valence-electron chi connectivity index (χ0n) is 15.7. The van der Waals surface area contributed by atoms with Crippen molar-refractivity contribution in [3.63, 3.8) is 0 Å². The summed E-state index contributed by atoms with van der Waals surface area (Å²) in [5, 5.41) is 0.981. The molecule has 0 bridgehead atoms. The zero-order chi connectivity index (χ0) is 19.1. The number of hydrogen-bond donors (Lipinski definition) is 0. The van der Waals surface area contributed by atoms with Gasteiger partial charge in [0.1, 0.15) is 0 Å². The summed E-state index contributed by atoms with van der Waals surface area (Å²) in [6, 6.07) is 13.8. The van der Waals surface area contributed by atoms with Gasteiger partial charge in [-0.1, -0.05) is 24.6 Å². The Balaban J connectivity index is 1.46. The van der Waals surface area contributed by atoms with Crippen LogP contribution in [-0.2, 0) is 11.3 Å². The van der Waals surface area contributed by atoms with Crippen molar-refractivity contribution in [2.24, 2.45) is 0 Å². The Bertz CT molecular complexity index is 726. The maximum absolute atomic E-state index is 12.7. The number of carbonyl (C=O) groups is 1. The van der Waals surface area contributed by atoms with Gasteiger partial charge in [0.2, 0.25) is 5.91 Å². The molecule has 144 valence electrons. The second-order valence-corrected chi connectivity index (χ2v) is 8.87. The van der Waals surface area contributed by atoms with E-state index in [2.05, 4.69) is 22.9 Å². The average Bonchev–Trinajstić information content (AvgIpc) is 2.90. The van der Waals surface area contributed by atoms with Crippen molar-refractivity contribution in [3.8, 4) is 0 Å². The molecule has 0 N–H and O–H groups in total. The molecule has 1 aromatic carbocycles. The minimum atomic E-state index is 0.242. The van der Waals surface area contributed by atoms with E-state index < -0.39 is 0 Å². The molecule has 1 saturated heterocycles. The summed E-state index contributed by atoms with van der Waals surface area (Å²) in [5.74, 6) is 0.253. The van der Waals surface area contributed by atoms with E-state index in [0.717, 1.165) is 54.8 Å². The molecule has 0 spiro atoms. The van der Waals surface area contributed by atoms with Gasteiger partial charge in [-0.15, -0.1) is 11.8 Å². The van der Waals surface area contributed by atoms with Gasteiger partial charge in [-0.25, -0.2) is 0 Å². The number of nitrogens with zero attached hydrogens (tertiary/aromatic N) is 3. The lowest BCUT2D eigenvalue weighted by Gasteiger charge is -2.23. The third-order valence-corrected chi connectivity index (χ3v) is 6.03. The maximum Gasteiger partial charge on any atom is 0.223 e. The Morgan fingerprint density at radius 2 is 1.96 bits per heavy atom. The number of hydrogen-bond acceptors (Lipinski definition) is 4. The van der Waals surface area contributed by atoms with Gasteiger partial charge < -0.3 is 4.90 Å². The fourth-order valence-electron chi connectivity index (χ4n) is 3.26. The first-order chi connectivity index (χ1) is 13.1. The molecule has 1 aliphatic heterocycles. The smallest absolute Gasteiger partial charge is 0.223 e. The van der Waals surface area contributed by atoms with E-state index in [9.17, 15) is 4.79 Å². The van der Waals surface area contributed by atoms with Crippen LogP contribution in [0.2, 0.25) is 5.02 Å². The first kappa shape index (κ1) is 20.2. The van der Waals surface area contributed by atoms with E-state index in [4.69, 9.17) is 11.6 Å². The minimum Gasteiger partial charge on any atom is -0.341 e. The number of pyridine rings is 1. The molecule has 2 heterocycles. The van der Waals surface area contributed by atoms with Crippen molar-refractivity contribution in [3.05, 3.63) is 59.4 Å². The number of rotatable bonds is 6. The monoisotopic (exact) mass is 403 g/mol. The van der Waals surface area contributed by atoms with Crippen LogP contribution < -0.4 is 0 Å². The largest absolute Gasteiger partial charge is 0.341 e. The molecule has 1 fully saturated rings. The highest BCUT2D eigenvalue weighted by molar-refractivity contribution is 8.00. The summed E-state index contributed by atoms with van der Waals surface area (Å²) in [4.78, 5) is 22.7. The van der Waals surface area contributed by atoms with Gasteiger partial charge in [-0.2, -0.15) is 0 Å². The number of halogens is 1. The van der Waals surface area contributed by atoms with Crippen molar-refractivity contribution in [1.29, 1.82) is 0 Å². The van der Waals surface area contributed by atoms with Gasteiger partial charge in [0, 0.05) is 60.5 Å². The summed E-state index contributed by atoms with van der Waals surface area (Å²) in [6.45, 7) is 6.52. The fraction of sp³-hybridized carbons (Fsp3) is 0.429. The number of carbonyl (C=O) groups excluding carboxylic acids is 1. The molecule has 6 heteroatoms. The quantitative estimate of drug-likeness (QED) is 0.672. The van der Waals surface area contributed by atoms with Crippen molar-refractivity contribution in [2.75, 3.05) is 26.2 Å². The Morgan fingerprint density at radius 1 is 1.15 bits per heavy atom. The second-order valence-electron chi connectivity index (χ2n) is 6.92. The van der Waals surface area contributed by atoms with Crippen LogP contribution in [0.1, 0.15) is 25.5 Å². The number of aromatic nitrogens is 1. The van der Waals surface area contributed by atoms with Crippen LogP contribution in [0.15, 0.2) is 53.6 Å². The van der Waals surface area contributed by atoms with Crippen LogP contribution in [0.25, 0.3) is 0 Å². The van der Waals surface area contributed by atoms with E-state index >= 15 is 0 Å². The molecular formula is C21H26ClN3OS. The van der Waals surface area contributed by atoms with Crippen molar-refractivity contribution in [1.82, 2.24) is 14.8 Å². The Morgan fingerprint density at radius 3 is 2.70 bits per heavy atom. The number of benzene rings is 1. The Kier molecular flexibility index (Phi) is 7.56. The van der Waals surface area contributed by atoms with Crippen LogP contribution in [0.5, 0.6) is 0 Å². The maximum atomic E-state index is 12.7. The molecule has 27 heavy (non-hydrogen) atoms. The molecule has 1 aliphatic rings. The zero-order valence-corrected chi connectivity index (χ0v) is 17.3. The van der Waals surface area contributed by atoms with Gasteiger partial charge in [0.15, 0.2) is 0 Å². The highest BCUT2D eigenvalue weighted by Crippen LogP contribution is 2.27. The second kappa shape index (κ2) is 10.1. The molecule has 1 unspecified atom stereocenters. The molecule has 1 amide bonds. The molecule has 2 aromatic rings. The van der Waals surface area contributed by atoms with Gasteiger partial charge in [-0.05, 0) is 42.8 Å². The normalized spacial score (nSPS) is 16.7. The molecule has 4 nitrogen and oxygen atoms in total. The van der Waals surface area contributed by atoms with E-state index in [1.807, 2.05) is 47.5 Å². The van der Waals surface area contributed by atoms with E-state index in [1.54, 1.807) is 11.8 Å². The Labute approximate surface area is 170 Å². The molecular weight excluding hydrogens is 378 g/mol. The number of amides is 1. The highest BCUT2D eigenvalue weighted by Gasteiger charge is 2.21. The van der Waals surface area contributed by atoms with Crippen LogP contribution >= 0.6 is 23.4 Å². The lowest BCUT2D eigenvalue weighted by molar-refractivity contribution is -0.131. The molecule has 0 aliphatic carbocycles. The molecule has 3 rings (SSSR count). The Hall–Kier alpha value is -1.56. The standard InChI is InChI=1S/C21H26ClN3OS/c1-17(27-20-8-6-18(22)7-9-20)15-21(26)25-12-4-11-24(13-14-25)16-19-5-2-3-10-23-19/h2-3,5-10,17H,4,11-16H2,1H3. The third-order valence-electron chi connectivity index (χ3n) is 4.67. The van der Waals surface area contributed by atoms with Gasteiger partial charge in [0.25, 0.3) is 0 Å². The van der Waals surface area contributed by atoms with E-state index in [-0.39, 0.29) is 11.2 Å². The predicted molar refractivity (Wildman–Crippen MR) is 112 cm³/mol. The predicted octanol–water partition coefficient (Wildman–Crippen LogP) is 4.34. The van der Waals surface area contributed by atoms with E-state index in [1.165, 1.54) is 0 Å². The topological polar surface area (TPSA) is 36.4 Å². The van der Waals surface area contributed by atoms with Crippen LogP contribution in [-0.4, -0.2) is 52.1 Å². The molecule has 0 radical (unpaired) electrons. The lowest BCUT2D eigenvalue weighted by Crippen LogP contribution is -2.36. The summed E-state index contributed by atoms with van der Waals surface area (Å²) in [5.41, 5.74) is 1.09. The van der Waals surface area contributed by atoms with Gasteiger partial charge in [0.05, 0.1) is 5.69 Å². The third kappa shape index (κ3) is 6.52. The number of thioether (sulfide) groups is 1. The van der Waals surface area contributed by atoms with Gasteiger partial charge in [-0.3, -0.25) is 14.7 Å². The lowest BCUT2D eigenvalue weighted by atomic mass is 10.3. The highest BCUT2D eigenvalue weighted by atomic mass is 35.5. The molecule has 0 saturated carbocycles. The van der Waals surface area contributed by atoms with Crippen molar-refractivity contribution >= 4 is 29.3 Å². The average molecular weight is 404 g/mol. The molecule has 1 atom stereocenters. The van der Waals surface area contributed by atoms with E-state index in [0.29, 0.717) is 6.42 Å². The first-order valence-electron chi connectivity index (χ1n) is 9.42. The summed E-state index contributed by atoms with van der Waals surface area (Å²) < 4.78 is 0. The summed E-state index contributed by atoms with van der Waals surface area (Å²) in [6.07, 6.45) is 3.41. The van der Waals surface area contributed by atoms with Crippen LogP contribution in [0.3, 0.4) is 0 Å². The molecule has 1 aromatic heterocycles. The van der Waals surface area contributed by atoms with Crippen molar-refractivity contribution in [2.45, 2.75) is 36.5 Å². The first-order valence-corrected chi connectivity index (χ1v) is 10.7. The fourth-order valence-corrected chi connectivity index (χ4v) is 4.37.